The molecule has 0 atom stereocenters. The fraction of sp³-hybridized carbons (Fsp3) is 0.111. The first-order valence-electron chi connectivity index (χ1n) is 7.71. The van der Waals surface area contributed by atoms with E-state index in [1.165, 1.54) is 11.3 Å². The maximum absolute atomic E-state index is 12.1. The van der Waals surface area contributed by atoms with Crippen LogP contribution in [0.25, 0.3) is 11.3 Å². The van der Waals surface area contributed by atoms with Crippen LogP contribution < -0.4 is 20.1 Å². The molecule has 0 saturated carbocycles. The molecule has 0 bridgehead atoms. The van der Waals surface area contributed by atoms with Gasteiger partial charge in [0.2, 0.25) is 0 Å². The third kappa shape index (κ3) is 4.63. The molecule has 2 N–H and O–H groups in total. The first-order chi connectivity index (χ1) is 13.0. The first-order valence-corrected chi connectivity index (χ1v) is 9.34. The second kappa shape index (κ2) is 8.47. The summed E-state index contributed by atoms with van der Waals surface area (Å²) in [6, 6.07) is 9.91. The number of benzene rings is 2. The van der Waals surface area contributed by atoms with Gasteiger partial charge in [0.05, 0.1) is 30.0 Å². The van der Waals surface area contributed by atoms with Gasteiger partial charge in [-0.3, -0.25) is 5.32 Å². The number of rotatable bonds is 5. The Morgan fingerprint density at radius 2 is 1.78 bits per heavy atom. The van der Waals surface area contributed by atoms with Crippen molar-refractivity contribution in [2.24, 2.45) is 0 Å². The lowest BCUT2D eigenvalue weighted by Crippen LogP contribution is -2.19. The van der Waals surface area contributed by atoms with Crippen LogP contribution in [0.2, 0.25) is 10.0 Å². The van der Waals surface area contributed by atoms with Gasteiger partial charge in [0, 0.05) is 16.6 Å². The summed E-state index contributed by atoms with van der Waals surface area (Å²) in [4.78, 5) is 16.6. The average Bonchev–Trinajstić information content (AvgIpc) is 3.12. The SMILES string of the molecule is COc1ccc(-c2csc(NC(=O)Nc3ccc(Cl)c(Cl)c3)n2)cc1OC. The number of hydrogen-bond acceptors (Lipinski definition) is 5. The summed E-state index contributed by atoms with van der Waals surface area (Å²) in [6.07, 6.45) is 0. The molecule has 140 valence electrons. The second-order valence-corrected chi connectivity index (χ2v) is 6.99. The van der Waals surface area contributed by atoms with Gasteiger partial charge < -0.3 is 14.8 Å². The summed E-state index contributed by atoms with van der Waals surface area (Å²) in [5, 5.41) is 8.45. The van der Waals surface area contributed by atoms with Gasteiger partial charge in [0.25, 0.3) is 0 Å². The zero-order chi connectivity index (χ0) is 19.4. The number of carbonyl (C=O) groups excluding carboxylic acids is 1. The highest BCUT2D eigenvalue weighted by atomic mass is 35.5. The van der Waals surface area contributed by atoms with Gasteiger partial charge in [-0.15, -0.1) is 11.3 Å². The van der Waals surface area contributed by atoms with E-state index in [-0.39, 0.29) is 0 Å². The summed E-state index contributed by atoms with van der Waals surface area (Å²) in [7, 11) is 3.15. The molecule has 0 saturated heterocycles. The maximum Gasteiger partial charge on any atom is 0.325 e. The summed E-state index contributed by atoms with van der Waals surface area (Å²) in [5.74, 6) is 1.24. The Morgan fingerprint density at radius 1 is 1.00 bits per heavy atom. The van der Waals surface area contributed by atoms with E-state index < -0.39 is 6.03 Å². The van der Waals surface area contributed by atoms with Crippen LogP contribution in [0.1, 0.15) is 0 Å². The molecule has 0 aliphatic rings. The zero-order valence-corrected chi connectivity index (χ0v) is 16.7. The van der Waals surface area contributed by atoms with Gasteiger partial charge in [-0.05, 0) is 36.4 Å². The van der Waals surface area contributed by atoms with Crippen LogP contribution in [0.15, 0.2) is 41.8 Å². The van der Waals surface area contributed by atoms with Crippen LogP contribution in [0.3, 0.4) is 0 Å². The van der Waals surface area contributed by atoms with E-state index in [1.54, 1.807) is 38.5 Å². The molecule has 27 heavy (non-hydrogen) atoms. The number of anilines is 2. The Bertz CT molecular complexity index is 978. The summed E-state index contributed by atoms with van der Waals surface area (Å²) in [6.45, 7) is 0. The van der Waals surface area contributed by atoms with Crippen LogP contribution in [0.5, 0.6) is 11.5 Å². The number of halogens is 2. The van der Waals surface area contributed by atoms with Crippen LogP contribution in [0.4, 0.5) is 15.6 Å². The molecule has 9 heteroatoms. The fourth-order valence-corrected chi connectivity index (χ4v) is 3.31. The Morgan fingerprint density at radius 3 is 2.48 bits per heavy atom. The van der Waals surface area contributed by atoms with Crippen molar-refractivity contribution in [3.8, 4) is 22.8 Å². The van der Waals surface area contributed by atoms with Crippen LogP contribution in [0, 0.1) is 0 Å². The molecule has 3 rings (SSSR count). The Hall–Kier alpha value is -2.48. The standard InChI is InChI=1S/C18H15Cl2N3O3S/c1-25-15-6-3-10(7-16(15)26-2)14-9-27-18(22-14)23-17(24)21-11-4-5-12(19)13(20)8-11/h3-9H,1-2H3,(H2,21,22,23,24). The largest absolute Gasteiger partial charge is 0.493 e. The minimum atomic E-state index is -0.429. The van der Waals surface area contributed by atoms with Crippen molar-refractivity contribution in [3.63, 3.8) is 0 Å². The maximum atomic E-state index is 12.1. The average molecular weight is 424 g/mol. The monoisotopic (exact) mass is 423 g/mol. The highest BCUT2D eigenvalue weighted by Gasteiger charge is 2.11. The number of nitrogens with one attached hydrogen (secondary N) is 2. The third-order valence-corrected chi connectivity index (χ3v) is 5.08. The van der Waals surface area contributed by atoms with Gasteiger partial charge in [0.1, 0.15) is 0 Å². The number of amides is 2. The van der Waals surface area contributed by atoms with Gasteiger partial charge in [-0.1, -0.05) is 23.2 Å². The minimum absolute atomic E-state index is 0.361. The number of thiazole rings is 1. The van der Waals surface area contributed by atoms with E-state index in [1.807, 2.05) is 17.5 Å². The van der Waals surface area contributed by atoms with Crippen LogP contribution >= 0.6 is 34.5 Å². The lowest BCUT2D eigenvalue weighted by Gasteiger charge is -2.08. The Labute approximate surface area is 170 Å². The predicted molar refractivity (Wildman–Crippen MR) is 110 cm³/mol. The predicted octanol–water partition coefficient (Wildman–Crippen LogP) is 5.78. The number of urea groups is 1. The van der Waals surface area contributed by atoms with E-state index in [2.05, 4.69) is 15.6 Å². The molecular weight excluding hydrogens is 409 g/mol. The Kier molecular flexibility index (Phi) is 6.05. The fourth-order valence-electron chi connectivity index (χ4n) is 2.29. The van der Waals surface area contributed by atoms with Gasteiger partial charge in [0.15, 0.2) is 16.6 Å². The number of aromatic nitrogens is 1. The summed E-state index contributed by atoms with van der Waals surface area (Å²) >= 11 is 13.1. The molecule has 0 fully saturated rings. The van der Waals surface area contributed by atoms with Gasteiger partial charge in [-0.25, -0.2) is 9.78 Å². The first kappa shape index (κ1) is 19.3. The Balaban J connectivity index is 1.70. The molecule has 1 heterocycles. The van der Waals surface area contributed by atoms with E-state index in [4.69, 9.17) is 32.7 Å². The van der Waals surface area contributed by atoms with Crippen LogP contribution in [-0.4, -0.2) is 25.2 Å². The molecule has 0 aliphatic carbocycles. The van der Waals surface area contributed by atoms with Crippen LogP contribution in [-0.2, 0) is 0 Å². The van der Waals surface area contributed by atoms with E-state index in [0.717, 1.165) is 5.56 Å². The van der Waals surface area contributed by atoms with Crippen molar-refractivity contribution >= 4 is 51.4 Å². The normalized spacial score (nSPS) is 10.4. The molecule has 2 amide bonds. The molecule has 0 spiro atoms. The quantitative estimate of drug-likeness (QED) is 0.545. The number of nitrogens with zero attached hydrogens (tertiary/aromatic N) is 1. The van der Waals surface area contributed by atoms with Crippen molar-refractivity contribution < 1.29 is 14.3 Å². The number of methoxy groups -OCH3 is 2. The molecule has 1 aromatic heterocycles. The van der Waals surface area contributed by atoms with Crippen molar-refractivity contribution in [2.75, 3.05) is 24.9 Å². The van der Waals surface area contributed by atoms with E-state index in [9.17, 15) is 4.79 Å². The molecule has 0 unspecified atom stereocenters. The number of ether oxygens (including phenoxy) is 2. The molecular formula is C18H15Cl2N3O3S. The lowest BCUT2D eigenvalue weighted by molar-refractivity contribution is 0.262. The summed E-state index contributed by atoms with van der Waals surface area (Å²) in [5.41, 5.74) is 2.09. The smallest absolute Gasteiger partial charge is 0.325 e. The van der Waals surface area contributed by atoms with Gasteiger partial charge >= 0.3 is 6.03 Å². The number of carbonyl (C=O) groups is 1. The molecule has 6 nitrogen and oxygen atoms in total. The van der Waals surface area contributed by atoms with E-state index in [0.29, 0.717) is 38.1 Å². The molecule has 0 radical (unpaired) electrons. The van der Waals surface area contributed by atoms with E-state index >= 15 is 0 Å². The molecule has 3 aromatic rings. The van der Waals surface area contributed by atoms with Crippen molar-refractivity contribution in [2.45, 2.75) is 0 Å². The topological polar surface area (TPSA) is 72.5 Å². The van der Waals surface area contributed by atoms with Crippen molar-refractivity contribution in [1.82, 2.24) is 4.98 Å². The van der Waals surface area contributed by atoms with Gasteiger partial charge in [-0.2, -0.15) is 0 Å². The molecule has 0 aliphatic heterocycles. The zero-order valence-electron chi connectivity index (χ0n) is 14.4. The third-order valence-electron chi connectivity index (χ3n) is 3.58. The summed E-state index contributed by atoms with van der Waals surface area (Å²) < 4.78 is 10.5. The lowest BCUT2D eigenvalue weighted by atomic mass is 10.1. The van der Waals surface area contributed by atoms with Crippen molar-refractivity contribution in [1.29, 1.82) is 0 Å². The number of hydrogen-bond donors (Lipinski definition) is 2. The highest BCUT2D eigenvalue weighted by molar-refractivity contribution is 7.14. The second-order valence-electron chi connectivity index (χ2n) is 5.32. The minimum Gasteiger partial charge on any atom is -0.493 e. The van der Waals surface area contributed by atoms with Crippen molar-refractivity contribution in [3.05, 3.63) is 51.8 Å². The highest BCUT2D eigenvalue weighted by Crippen LogP contribution is 2.33. The molecule has 2 aromatic carbocycles.